The van der Waals surface area contributed by atoms with Crippen LogP contribution in [0.1, 0.15) is 43.6 Å². The summed E-state index contributed by atoms with van der Waals surface area (Å²) in [7, 11) is -0.470. The van der Waals surface area contributed by atoms with Crippen LogP contribution in [0.5, 0.6) is 0 Å². The molecule has 1 saturated heterocycles. The van der Waals surface area contributed by atoms with Gasteiger partial charge in [-0.15, -0.1) is 0 Å². The molecule has 2 aliphatic rings. The third kappa shape index (κ3) is 1.75. The lowest BCUT2D eigenvalue weighted by Crippen LogP contribution is -2.41. The summed E-state index contributed by atoms with van der Waals surface area (Å²) >= 11 is 0. The molecule has 6 heteroatoms. The van der Waals surface area contributed by atoms with E-state index in [0.717, 1.165) is 11.0 Å². The number of hydrogen-bond donors (Lipinski definition) is 2. The predicted octanol–water partition coefficient (Wildman–Crippen LogP) is 0.811. The Morgan fingerprint density at radius 1 is 1.20 bits per heavy atom. The number of fused-ring (bicyclic) bond motifs is 1. The molecule has 0 unspecified atom stereocenters. The average Bonchev–Trinajstić information content (AvgIpc) is 2.80. The second-order valence-electron chi connectivity index (χ2n) is 6.37. The Bertz CT molecular complexity index is 582. The fourth-order valence-corrected chi connectivity index (χ4v) is 2.59. The van der Waals surface area contributed by atoms with E-state index in [4.69, 9.17) is 15.0 Å². The van der Waals surface area contributed by atoms with Gasteiger partial charge in [-0.05, 0) is 44.8 Å². The second kappa shape index (κ2) is 3.99. The van der Waals surface area contributed by atoms with Crippen LogP contribution in [-0.2, 0) is 15.9 Å². The fraction of sp³-hybridized carbons (Fsp3) is 0.500. The van der Waals surface area contributed by atoms with Crippen molar-refractivity contribution in [3.05, 3.63) is 23.3 Å². The van der Waals surface area contributed by atoms with Crippen molar-refractivity contribution in [2.24, 2.45) is 0 Å². The molecular formula is C14H19BN2O3. The zero-order valence-corrected chi connectivity index (χ0v) is 12.2. The third-order valence-corrected chi connectivity index (χ3v) is 4.54. The Labute approximate surface area is 119 Å². The topological polar surface area (TPSA) is 73.6 Å². The summed E-state index contributed by atoms with van der Waals surface area (Å²) in [5.74, 6) is -0.129. The first-order valence-electron chi connectivity index (χ1n) is 6.78. The SMILES string of the molecule is CC1(C)OB(c2ccc(N)c3c2CNC3=O)OC1(C)C. The van der Waals surface area contributed by atoms with Gasteiger partial charge < -0.3 is 20.4 Å². The van der Waals surface area contributed by atoms with E-state index in [1.54, 1.807) is 6.07 Å². The molecule has 2 aliphatic heterocycles. The summed E-state index contributed by atoms with van der Waals surface area (Å²) in [6, 6.07) is 3.63. The van der Waals surface area contributed by atoms with Crippen LogP contribution in [0.25, 0.3) is 0 Å². The first-order valence-corrected chi connectivity index (χ1v) is 6.78. The van der Waals surface area contributed by atoms with Gasteiger partial charge in [0.1, 0.15) is 0 Å². The van der Waals surface area contributed by atoms with Gasteiger partial charge in [-0.3, -0.25) is 4.79 Å². The molecule has 1 fully saturated rings. The van der Waals surface area contributed by atoms with Crippen LogP contribution in [0.4, 0.5) is 5.69 Å². The summed E-state index contributed by atoms with van der Waals surface area (Å²) in [5.41, 5.74) is 7.90. The van der Waals surface area contributed by atoms with Gasteiger partial charge in [0, 0.05) is 12.2 Å². The van der Waals surface area contributed by atoms with Gasteiger partial charge in [-0.1, -0.05) is 6.07 Å². The molecule has 1 aromatic carbocycles. The molecule has 0 atom stereocenters. The molecule has 0 saturated carbocycles. The van der Waals surface area contributed by atoms with Crippen molar-refractivity contribution in [1.29, 1.82) is 0 Å². The molecular weight excluding hydrogens is 255 g/mol. The lowest BCUT2D eigenvalue weighted by Gasteiger charge is -2.32. The lowest BCUT2D eigenvalue weighted by molar-refractivity contribution is 0.00578. The van der Waals surface area contributed by atoms with Crippen LogP contribution in [0.2, 0.25) is 0 Å². The van der Waals surface area contributed by atoms with Crippen LogP contribution in [0, 0.1) is 0 Å². The van der Waals surface area contributed by atoms with E-state index in [1.165, 1.54) is 0 Å². The van der Waals surface area contributed by atoms with Gasteiger partial charge in [0.25, 0.3) is 5.91 Å². The summed E-state index contributed by atoms with van der Waals surface area (Å²) in [6.07, 6.45) is 0. The first-order chi connectivity index (χ1) is 9.23. The number of carbonyl (C=O) groups excluding carboxylic acids is 1. The van der Waals surface area contributed by atoms with Gasteiger partial charge >= 0.3 is 7.12 Å². The minimum Gasteiger partial charge on any atom is -0.399 e. The lowest BCUT2D eigenvalue weighted by atomic mass is 9.75. The standard InChI is InChI=1S/C14H19BN2O3/c1-13(2)14(3,4)20-15(19-13)9-5-6-10(16)11-8(9)7-17-12(11)18/h5-6H,7,16H2,1-4H3,(H,17,18). The third-order valence-electron chi connectivity index (χ3n) is 4.54. The normalized spacial score (nSPS) is 22.8. The maximum absolute atomic E-state index is 11.8. The molecule has 5 nitrogen and oxygen atoms in total. The van der Waals surface area contributed by atoms with Crippen LogP contribution < -0.4 is 16.5 Å². The molecule has 0 aliphatic carbocycles. The molecule has 0 bridgehead atoms. The van der Waals surface area contributed by atoms with Gasteiger partial charge in [-0.2, -0.15) is 0 Å². The minimum absolute atomic E-state index is 0.129. The van der Waals surface area contributed by atoms with Crippen molar-refractivity contribution >= 4 is 24.2 Å². The van der Waals surface area contributed by atoms with E-state index in [9.17, 15) is 4.79 Å². The number of benzene rings is 1. The molecule has 106 valence electrons. The molecule has 3 rings (SSSR count). The van der Waals surface area contributed by atoms with Gasteiger partial charge in [0.05, 0.1) is 16.8 Å². The monoisotopic (exact) mass is 274 g/mol. The zero-order valence-electron chi connectivity index (χ0n) is 12.2. The van der Waals surface area contributed by atoms with E-state index >= 15 is 0 Å². The van der Waals surface area contributed by atoms with Crippen molar-refractivity contribution in [2.75, 3.05) is 5.73 Å². The fourth-order valence-electron chi connectivity index (χ4n) is 2.59. The maximum atomic E-state index is 11.8. The number of amides is 1. The molecule has 0 radical (unpaired) electrons. The number of hydrogen-bond acceptors (Lipinski definition) is 4. The molecule has 1 amide bonds. The maximum Gasteiger partial charge on any atom is 0.495 e. The van der Waals surface area contributed by atoms with Gasteiger partial charge in [0.2, 0.25) is 0 Å². The highest BCUT2D eigenvalue weighted by Crippen LogP contribution is 2.37. The summed E-state index contributed by atoms with van der Waals surface area (Å²) < 4.78 is 12.1. The van der Waals surface area contributed by atoms with E-state index < -0.39 is 18.3 Å². The second-order valence-corrected chi connectivity index (χ2v) is 6.37. The highest BCUT2D eigenvalue weighted by atomic mass is 16.7. The van der Waals surface area contributed by atoms with Crippen molar-refractivity contribution < 1.29 is 14.1 Å². The highest BCUT2D eigenvalue weighted by molar-refractivity contribution is 6.63. The van der Waals surface area contributed by atoms with Crippen molar-refractivity contribution in [1.82, 2.24) is 5.32 Å². The summed E-state index contributed by atoms with van der Waals surface area (Å²) in [6.45, 7) is 8.50. The minimum atomic E-state index is -0.470. The number of nitrogens with two attached hydrogens (primary N) is 1. The molecule has 20 heavy (non-hydrogen) atoms. The van der Waals surface area contributed by atoms with Gasteiger partial charge in [-0.25, -0.2) is 0 Å². The molecule has 0 spiro atoms. The van der Waals surface area contributed by atoms with Crippen LogP contribution in [0.15, 0.2) is 12.1 Å². The summed E-state index contributed by atoms with van der Waals surface area (Å²) in [4.78, 5) is 11.8. The first kappa shape index (κ1) is 13.5. The van der Waals surface area contributed by atoms with Gasteiger partial charge in [0.15, 0.2) is 0 Å². The quantitative estimate of drug-likeness (QED) is 0.587. The largest absolute Gasteiger partial charge is 0.495 e. The summed E-state index contributed by atoms with van der Waals surface area (Å²) in [5, 5.41) is 2.80. The number of nitrogen functional groups attached to an aromatic ring is 1. The van der Waals surface area contributed by atoms with Crippen molar-refractivity contribution in [3.8, 4) is 0 Å². The zero-order chi connectivity index (χ0) is 14.7. The van der Waals surface area contributed by atoms with Crippen molar-refractivity contribution in [2.45, 2.75) is 45.4 Å². The van der Waals surface area contributed by atoms with Crippen molar-refractivity contribution in [3.63, 3.8) is 0 Å². The van der Waals surface area contributed by atoms with Crippen LogP contribution >= 0.6 is 0 Å². The molecule has 0 aromatic heterocycles. The Kier molecular flexibility index (Phi) is 2.69. The molecule has 2 heterocycles. The van der Waals surface area contributed by atoms with E-state index in [0.29, 0.717) is 17.8 Å². The Hall–Kier alpha value is -1.53. The highest BCUT2D eigenvalue weighted by Gasteiger charge is 2.52. The van der Waals surface area contributed by atoms with Crippen LogP contribution in [0.3, 0.4) is 0 Å². The smallest absolute Gasteiger partial charge is 0.399 e. The van der Waals surface area contributed by atoms with E-state index in [1.807, 2.05) is 33.8 Å². The van der Waals surface area contributed by atoms with Crippen LogP contribution in [-0.4, -0.2) is 24.2 Å². The number of anilines is 1. The predicted molar refractivity (Wildman–Crippen MR) is 77.7 cm³/mol. The van der Waals surface area contributed by atoms with E-state index in [2.05, 4.69) is 5.32 Å². The average molecular weight is 274 g/mol. The molecule has 1 aromatic rings. The Morgan fingerprint density at radius 3 is 2.40 bits per heavy atom. The Morgan fingerprint density at radius 2 is 1.80 bits per heavy atom. The van der Waals surface area contributed by atoms with E-state index in [-0.39, 0.29) is 5.91 Å². The Balaban J connectivity index is 2.04. The number of rotatable bonds is 1. The number of carbonyl (C=O) groups is 1. The molecule has 3 N–H and O–H groups in total. The number of nitrogens with one attached hydrogen (secondary N) is 1.